The molecule has 0 saturated heterocycles. The number of rotatable bonds is 5. The number of carbonyl (C=O) groups is 1. The van der Waals surface area contributed by atoms with Gasteiger partial charge in [0.1, 0.15) is 18.3 Å². The van der Waals surface area contributed by atoms with Gasteiger partial charge in [0.05, 0.1) is 37.0 Å². The molecule has 35 heavy (non-hydrogen) atoms. The monoisotopic (exact) mass is 474 g/mol. The quantitative estimate of drug-likeness (QED) is 0.556. The van der Waals surface area contributed by atoms with Crippen LogP contribution in [-0.2, 0) is 16.8 Å². The maximum Gasteiger partial charge on any atom is 0.256 e. The first kappa shape index (κ1) is 22.2. The smallest absolute Gasteiger partial charge is 0.256 e. The maximum absolute atomic E-state index is 15.2. The van der Waals surface area contributed by atoms with Crippen LogP contribution in [0.5, 0.6) is 11.5 Å². The predicted octanol–water partition coefficient (Wildman–Crippen LogP) is 3.02. The lowest BCUT2D eigenvalue weighted by Gasteiger charge is -2.22. The van der Waals surface area contributed by atoms with Crippen molar-refractivity contribution in [3.05, 3.63) is 58.4 Å². The molecule has 2 aliphatic rings. The Morgan fingerprint density at radius 2 is 1.91 bits per heavy atom. The van der Waals surface area contributed by atoms with Crippen LogP contribution in [0.2, 0.25) is 0 Å². The van der Waals surface area contributed by atoms with Crippen LogP contribution in [0.4, 0.5) is 8.78 Å². The Balaban J connectivity index is 1.66. The van der Waals surface area contributed by atoms with Crippen molar-refractivity contribution in [3.8, 4) is 35.0 Å². The van der Waals surface area contributed by atoms with Crippen LogP contribution in [-0.4, -0.2) is 41.1 Å². The first-order valence-corrected chi connectivity index (χ1v) is 10.4. The first-order valence-electron chi connectivity index (χ1n) is 10.4. The van der Waals surface area contributed by atoms with Crippen LogP contribution in [0.25, 0.3) is 11.4 Å². The average Bonchev–Trinajstić information content (AvgIpc) is 3.45. The van der Waals surface area contributed by atoms with Crippen molar-refractivity contribution in [1.29, 1.82) is 10.5 Å². The molecular weight excluding hydrogens is 458 g/mol. The van der Waals surface area contributed by atoms with Gasteiger partial charge in [-0.05, 0) is 18.1 Å². The summed E-state index contributed by atoms with van der Waals surface area (Å²) in [5.41, 5.74) is 0.0745. The van der Waals surface area contributed by atoms with Gasteiger partial charge in [-0.15, -0.1) is 0 Å². The van der Waals surface area contributed by atoms with Gasteiger partial charge in [0.15, 0.2) is 23.1 Å². The number of halogens is 2. The Bertz CT molecular complexity index is 1490. The zero-order valence-corrected chi connectivity index (χ0v) is 18.5. The molecule has 0 radical (unpaired) electrons. The molecule has 1 fully saturated rings. The number of hydrogen-bond donors (Lipinski definition) is 0. The summed E-state index contributed by atoms with van der Waals surface area (Å²) in [7, 11) is 2.51. The molecule has 3 heterocycles. The lowest BCUT2D eigenvalue weighted by molar-refractivity contribution is -0.120. The molecule has 1 aliphatic carbocycles. The molecule has 9 nitrogen and oxygen atoms in total. The highest BCUT2D eigenvalue weighted by molar-refractivity contribution is 6.06. The summed E-state index contributed by atoms with van der Waals surface area (Å²) in [6.45, 7) is -0.0625. The number of aromatic nitrogens is 3. The standard InChI is InChI=1S/C24H16F2N6O3/c1-34-17-6-18(35-2)21(26)19(20(17)25)15-7-24(15)14-5-16(29-9-13(14)10-30-23(24)33)22-12(8-28)11-32(31-22)4-3-27/h5-6,9-11,15H,4,7H2,1-2H3. The number of methoxy groups -OCH3 is 2. The fraction of sp³-hybridized carbons (Fsp3) is 0.250. The number of benzene rings is 1. The summed E-state index contributed by atoms with van der Waals surface area (Å²) in [4.78, 5) is 21.4. The second-order valence-electron chi connectivity index (χ2n) is 8.13. The number of hydrogen-bond acceptors (Lipinski definition) is 7. The lowest BCUT2D eigenvalue weighted by Crippen LogP contribution is -2.27. The van der Waals surface area contributed by atoms with E-state index in [1.165, 1.54) is 37.5 Å². The van der Waals surface area contributed by atoms with E-state index >= 15 is 8.78 Å². The van der Waals surface area contributed by atoms with Gasteiger partial charge < -0.3 is 9.47 Å². The average molecular weight is 474 g/mol. The van der Waals surface area contributed by atoms with Gasteiger partial charge in [-0.2, -0.15) is 15.6 Å². The summed E-state index contributed by atoms with van der Waals surface area (Å²) in [6, 6.07) is 6.67. The molecule has 0 bridgehead atoms. The third-order valence-corrected chi connectivity index (χ3v) is 6.39. The summed E-state index contributed by atoms with van der Waals surface area (Å²) < 4.78 is 41.9. The van der Waals surface area contributed by atoms with Gasteiger partial charge >= 0.3 is 0 Å². The van der Waals surface area contributed by atoms with Crippen LogP contribution >= 0.6 is 0 Å². The minimum absolute atomic E-state index is 0.0625. The molecule has 2 atom stereocenters. The van der Waals surface area contributed by atoms with Crippen molar-refractivity contribution in [1.82, 2.24) is 14.8 Å². The van der Waals surface area contributed by atoms with Gasteiger partial charge in [-0.25, -0.2) is 13.8 Å². The van der Waals surface area contributed by atoms with Gasteiger partial charge in [-0.3, -0.25) is 14.5 Å². The molecule has 1 spiro atoms. The van der Waals surface area contributed by atoms with E-state index in [0.717, 1.165) is 6.07 Å². The lowest BCUT2D eigenvalue weighted by atomic mass is 9.85. The Morgan fingerprint density at radius 1 is 1.20 bits per heavy atom. The van der Waals surface area contributed by atoms with E-state index in [2.05, 4.69) is 15.1 Å². The minimum Gasteiger partial charge on any atom is -0.494 e. The molecule has 5 rings (SSSR count). The second-order valence-corrected chi connectivity index (χ2v) is 8.13. The minimum atomic E-state index is -1.32. The molecule has 1 amide bonds. The van der Waals surface area contributed by atoms with Crippen LogP contribution in [0.15, 0.2) is 29.5 Å². The number of aliphatic imine (C=N–C) groups is 1. The number of nitriles is 2. The molecule has 1 aliphatic heterocycles. The zero-order valence-electron chi connectivity index (χ0n) is 18.5. The highest BCUT2D eigenvalue weighted by atomic mass is 19.1. The topological polar surface area (TPSA) is 126 Å². The Hall–Kier alpha value is -4.64. The fourth-order valence-electron chi connectivity index (χ4n) is 4.65. The van der Waals surface area contributed by atoms with Gasteiger partial charge in [0.25, 0.3) is 5.91 Å². The fourth-order valence-corrected chi connectivity index (χ4v) is 4.65. The van der Waals surface area contributed by atoms with Gasteiger partial charge in [-0.1, -0.05) is 0 Å². The van der Waals surface area contributed by atoms with Crippen molar-refractivity contribution in [2.24, 2.45) is 4.99 Å². The third kappa shape index (κ3) is 3.16. The van der Waals surface area contributed by atoms with Crippen molar-refractivity contribution in [2.75, 3.05) is 14.2 Å². The van der Waals surface area contributed by atoms with Crippen LogP contribution in [0.1, 0.15) is 34.6 Å². The van der Waals surface area contributed by atoms with E-state index in [1.54, 1.807) is 6.07 Å². The van der Waals surface area contributed by atoms with Crippen molar-refractivity contribution in [2.45, 2.75) is 24.3 Å². The van der Waals surface area contributed by atoms with E-state index in [9.17, 15) is 10.1 Å². The van der Waals surface area contributed by atoms with Crippen molar-refractivity contribution < 1.29 is 23.0 Å². The molecule has 174 valence electrons. The highest BCUT2D eigenvalue weighted by Crippen LogP contribution is 2.64. The first-order chi connectivity index (χ1) is 16.9. The van der Waals surface area contributed by atoms with E-state index in [4.69, 9.17) is 14.7 Å². The number of pyridine rings is 1. The Morgan fingerprint density at radius 3 is 2.54 bits per heavy atom. The normalized spacial score (nSPS) is 19.7. The van der Waals surface area contributed by atoms with E-state index in [-0.39, 0.29) is 47.0 Å². The number of nitrogens with zero attached hydrogens (tertiary/aromatic N) is 6. The van der Waals surface area contributed by atoms with E-state index in [1.807, 2.05) is 12.1 Å². The molecule has 0 N–H and O–H groups in total. The summed E-state index contributed by atoms with van der Waals surface area (Å²) in [5, 5.41) is 22.7. The van der Waals surface area contributed by atoms with Crippen molar-refractivity contribution >= 4 is 12.1 Å². The molecule has 11 heteroatoms. The second kappa shape index (κ2) is 7.99. The maximum atomic E-state index is 15.2. The zero-order chi connectivity index (χ0) is 24.9. The molecule has 2 unspecified atom stereocenters. The molecule has 1 saturated carbocycles. The number of fused-ring (bicyclic) bond motifs is 2. The number of carbonyl (C=O) groups excluding carboxylic acids is 1. The largest absolute Gasteiger partial charge is 0.494 e. The summed E-state index contributed by atoms with van der Waals surface area (Å²) >= 11 is 0. The number of amides is 1. The van der Waals surface area contributed by atoms with Crippen LogP contribution in [0, 0.1) is 34.3 Å². The van der Waals surface area contributed by atoms with E-state index in [0.29, 0.717) is 11.1 Å². The number of ether oxygens (including phenoxy) is 2. The Labute approximate surface area is 197 Å². The summed E-state index contributed by atoms with van der Waals surface area (Å²) in [6.07, 6.45) is 4.36. The predicted molar refractivity (Wildman–Crippen MR) is 117 cm³/mol. The molecule has 1 aromatic carbocycles. The molecule has 2 aromatic heterocycles. The van der Waals surface area contributed by atoms with Crippen LogP contribution < -0.4 is 9.47 Å². The van der Waals surface area contributed by atoms with E-state index < -0.39 is 28.9 Å². The Kier molecular flexibility index (Phi) is 5.06. The van der Waals surface area contributed by atoms with Gasteiger partial charge in [0, 0.05) is 41.7 Å². The summed E-state index contributed by atoms with van der Waals surface area (Å²) in [5.74, 6) is -3.63. The van der Waals surface area contributed by atoms with Crippen LogP contribution in [0.3, 0.4) is 0 Å². The third-order valence-electron chi connectivity index (χ3n) is 6.39. The van der Waals surface area contributed by atoms with Crippen molar-refractivity contribution in [3.63, 3.8) is 0 Å². The molecule has 3 aromatic rings. The van der Waals surface area contributed by atoms with Gasteiger partial charge in [0.2, 0.25) is 0 Å². The highest BCUT2D eigenvalue weighted by Gasteiger charge is 2.65. The molecular formula is C24H16F2N6O3. The SMILES string of the molecule is COc1cc(OC)c(F)c(C2CC23C(=O)N=Cc2cnc(-c4nn(CC#N)cc4C#N)cc23)c1F.